The van der Waals surface area contributed by atoms with Crippen LogP contribution in [0.1, 0.15) is 13.3 Å². The van der Waals surface area contributed by atoms with E-state index in [0.29, 0.717) is 13.0 Å². The molecule has 0 unspecified atom stereocenters. The van der Waals surface area contributed by atoms with Crippen molar-refractivity contribution in [2.24, 2.45) is 0 Å². The number of benzene rings is 1. The van der Waals surface area contributed by atoms with Gasteiger partial charge in [-0.1, -0.05) is 13.0 Å². The molecular formula is C11H15F2N3O4S. The van der Waals surface area contributed by atoms with E-state index in [2.05, 4.69) is 5.32 Å². The van der Waals surface area contributed by atoms with Gasteiger partial charge in [0, 0.05) is 6.54 Å². The molecule has 0 aliphatic heterocycles. The molecule has 0 aromatic heterocycles. The van der Waals surface area contributed by atoms with Crippen LogP contribution in [0.2, 0.25) is 0 Å². The number of hydrogen-bond acceptors (Lipinski definition) is 5. The van der Waals surface area contributed by atoms with Crippen LogP contribution in [-0.2, 0) is 10.0 Å². The molecule has 0 radical (unpaired) electrons. The first kappa shape index (κ1) is 17.2. The third kappa shape index (κ3) is 4.60. The minimum atomic E-state index is -4.39. The monoisotopic (exact) mass is 323 g/mol. The smallest absolute Gasteiger partial charge is 0.312 e. The number of nitrogens with zero attached hydrogens (tertiary/aromatic N) is 1. The van der Waals surface area contributed by atoms with Crippen LogP contribution >= 0.6 is 0 Å². The van der Waals surface area contributed by atoms with Gasteiger partial charge in [-0.15, -0.1) is 0 Å². The van der Waals surface area contributed by atoms with E-state index in [1.165, 1.54) is 12.1 Å². The molecule has 0 aliphatic rings. The summed E-state index contributed by atoms with van der Waals surface area (Å²) in [6, 6.07) is 3.67. The Morgan fingerprint density at radius 1 is 1.38 bits per heavy atom. The maximum Gasteiger partial charge on any atom is 0.312 e. The number of nitro groups is 1. The largest absolute Gasteiger partial charge is 0.379 e. The highest BCUT2D eigenvalue weighted by atomic mass is 32.2. The Balaban J connectivity index is 3.25. The van der Waals surface area contributed by atoms with Gasteiger partial charge < -0.3 is 5.32 Å². The van der Waals surface area contributed by atoms with Gasteiger partial charge in [0.05, 0.1) is 11.5 Å². The summed E-state index contributed by atoms with van der Waals surface area (Å²) < 4.78 is 49.7. The number of alkyl halides is 2. The third-order valence-electron chi connectivity index (χ3n) is 2.46. The normalized spacial score (nSPS) is 11.6. The van der Waals surface area contributed by atoms with E-state index < -0.39 is 38.5 Å². The molecule has 1 rings (SSSR count). The highest BCUT2D eigenvalue weighted by Gasteiger charge is 2.29. The van der Waals surface area contributed by atoms with Gasteiger partial charge in [0.25, 0.3) is 6.43 Å². The summed E-state index contributed by atoms with van der Waals surface area (Å²) in [6.45, 7) is 1.14. The molecule has 1 aromatic rings. The Kier molecular flexibility index (Phi) is 5.97. The average molecular weight is 323 g/mol. The zero-order valence-corrected chi connectivity index (χ0v) is 12.0. The van der Waals surface area contributed by atoms with E-state index >= 15 is 0 Å². The van der Waals surface area contributed by atoms with E-state index in [9.17, 15) is 27.3 Å². The summed E-state index contributed by atoms with van der Waals surface area (Å²) in [4.78, 5) is 9.62. The van der Waals surface area contributed by atoms with Crippen molar-refractivity contribution in [1.82, 2.24) is 4.72 Å². The van der Waals surface area contributed by atoms with Crippen LogP contribution < -0.4 is 10.0 Å². The van der Waals surface area contributed by atoms with E-state index in [1.807, 2.05) is 6.92 Å². The molecule has 0 bridgehead atoms. The minimum Gasteiger partial charge on any atom is -0.379 e. The van der Waals surface area contributed by atoms with Crippen molar-refractivity contribution in [1.29, 1.82) is 0 Å². The predicted octanol–water partition coefficient (Wildman–Crippen LogP) is 1.96. The number of nitro benzene ring substituents is 1. The van der Waals surface area contributed by atoms with Crippen LogP contribution in [0.25, 0.3) is 0 Å². The van der Waals surface area contributed by atoms with Gasteiger partial charge >= 0.3 is 5.69 Å². The lowest BCUT2D eigenvalue weighted by Crippen LogP contribution is -2.29. The van der Waals surface area contributed by atoms with E-state index in [-0.39, 0.29) is 5.69 Å². The van der Waals surface area contributed by atoms with E-state index in [4.69, 9.17) is 0 Å². The lowest BCUT2D eigenvalue weighted by molar-refractivity contribution is -0.386. The van der Waals surface area contributed by atoms with E-state index in [0.717, 1.165) is 6.07 Å². The van der Waals surface area contributed by atoms with Crippen molar-refractivity contribution in [3.63, 3.8) is 0 Å². The molecule has 0 amide bonds. The summed E-state index contributed by atoms with van der Waals surface area (Å²) in [7, 11) is -4.39. The highest BCUT2D eigenvalue weighted by molar-refractivity contribution is 7.89. The number of rotatable bonds is 8. The number of anilines is 1. The lowest BCUT2D eigenvalue weighted by atomic mass is 10.2. The van der Waals surface area contributed by atoms with Crippen LogP contribution in [0.15, 0.2) is 23.1 Å². The molecule has 118 valence electrons. The molecule has 0 aliphatic carbocycles. The quantitative estimate of drug-likeness (QED) is 0.562. The summed E-state index contributed by atoms with van der Waals surface area (Å²) in [5, 5.41) is 13.9. The van der Waals surface area contributed by atoms with Gasteiger partial charge in [-0.3, -0.25) is 10.1 Å². The Morgan fingerprint density at radius 2 is 2.05 bits per heavy atom. The van der Waals surface area contributed by atoms with Crippen molar-refractivity contribution in [2.75, 3.05) is 18.4 Å². The van der Waals surface area contributed by atoms with Crippen molar-refractivity contribution in [2.45, 2.75) is 24.7 Å². The average Bonchev–Trinajstić information content (AvgIpc) is 2.42. The summed E-state index contributed by atoms with van der Waals surface area (Å²) >= 11 is 0. The second kappa shape index (κ2) is 7.27. The zero-order chi connectivity index (χ0) is 16.0. The number of hydrogen-bond donors (Lipinski definition) is 2. The molecular weight excluding hydrogens is 308 g/mol. The van der Waals surface area contributed by atoms with Crippen molar-refractivity contribution < 1.29 is 22.1 Å². The first-order valence-electron chi connectivity index (χ1n) is 6.08. The Bertz CT molecular complexity index is 607. The van der Waals surface area contributed by atoms with Gasteiger partial charge in [0.2, 0.25) is 10.0 Å². The standard InChI is InChI=1S/C11H15F2N3O4S/c1-2-6-14-8-4-3-5-9(11(8)16(17)18)21(19,20)15-7-10(12)13/h3-5,10,14-15H,2,6-7H2,1H3. The molecule has 2 N–H and O–H groups in total. The van der Waals surface area contributed by atoms with Crippen LogP contribution in [0, 0.1) is 10.1 Å². The van der Waals surface area contributed by atoms with Gasteiger partial charge in [-0.2, -0.15) is 0 Å². The third-order valence-corrected chi connectivity index (χ3v) is 3.92. The molecule has 0 atom stereocenters. The maximum absolute atomic E-state index is 12.1. The maximum atomic E-state index is 12.1. The zero-order valence-electron chi connectivity index (χ0n) is 11.2. The molecule has 0 saturated carbocycles. The Hall–Kier alpha value is -1.81. The summed E-state index contributed by atoms with van der Waals surface area (Å²) in [6.07, 6.45) is -2.21. The Labute approximate surface area is 120 Å². The van der Waals surface area contributed by atoms with Gasteiger partial charge in [-0.05, 0) is 18.6 Å². The van der Waals surface area contributed by atoms with Gasteiger partial charge in [0.15, 0.2) is 4.90 Å². The number of halogens is 2. The SMILES string of the molecule is CCCNc1cccc(S(=O)(=O)NCC(F)F)c1[N+](=O)[O-]. The molecule has 0 heterocycles. The number of para-hydroxylation sites is 1. The van der Waals surface area contributed by atoms with E-state index in [1.54, 1.807) is 4.72 Å². The van der Waals surface area contributed by atoms with Crippen LogP contribution in [0.5, 0.6) is 0 Å². The molecule has 10 heteroatoms. The first-order valence-corrected chi connectivity index (χ1v) is 7.57. The molecule has 0 fully saturated rings. The number of nitrogens with one attached hydrogen (secondary N) is 2. The summed E-state index contributed by atoms with van der Waals surface area (Å²) in [5.41, 5.74) is -0.630. The van der Waals surface area contributed by atoms with Gasteiger partial charge in [0.1, 0.15) is 5.69 Å². The van der Waals surface area contributed by atoms with Gasteiger partial charge in [-0.25, -0.2) is 21.9 Å². The van der Waals surface area contributed by atoms with Crippen molar-refractivity contribution in [3.05, 3.63) is 28.3 Å². The van der Waals surface area contributed by atoms with Crippen molar-refractivity contribution in [3.8, 4) is 0 Å². The Morgan fingerprint density at radius 3 is 2.57 bits per heavy atom. The second-order valence-corrected chi connectivity index (χ2v) is 5.81. The second-order valence-electron chi connectivity index (χ2n) is 4.08. The molecule has 7 nitrogen and oxygen atoms in total. The molecule has 21 heavy (non-hydrogen) atoms. The van der Waals surface area contributed by atoms with Crippen LogP contribution in [0.4, 0.5) is 20.2 Å². The molecule has 0 saturated heterocycles. The fourth-order valence-electron chi connectivity index (χ4n) is 1.58. The first-order chi connectivity index (χ1) is 9.79. The fraction of sp³-hybridized carbons (Fsp3) is 0.455. The topological polar surface area (TPSA) is 101 Å². The minimum absolute atomic E-state index is 0.0294. The lowest BCUT2D eigenvalue weighted by Gasteiger charge is -2.10. The molecule has 0 spiro atoms. The van der Waals surface area contributed by atoms with Crippen LogP contribution in [0.3, 0.4) is 0 Å². The predicted molar refractivity (Wildman–Crippen MR) is 73.1 cm³/mol. The van der Waals surface area contributed by atoms with Crippen molar-refractivity contribution >= 4 is 21.4 Å². The summed E-state index contributed by atoms with van der Waals surface area (Å²) in [5.74, 6) is 0. The molecule has 1 aromatic carbocycles. The van der Waals surface area contributed by atoms with Crippen LogP contribution in [-0.4, -0.2) is 32.9 Å². The fourth-order valence-corrected chi connectivity index (χ4v) is 2.78. The highest BCUT2D eigenvalue weighted by Crippen LogP contribution is 2.31. The number of sulfonamides is 1.